The van der Waals surface area contributed by atoms with Crippen LogP contribution >= 0.6 is 11.3 Å². The molecule has 1 rings (SSSR count). The maximum Gasteiger partial charge on any atom is 0.252 e. The molecule has 0 aliphatic rings. The van der Waals surface area contributed by atoms with Gasteiger partial charge in [0.2, 0.25) is 5.91 Å². The summed E-state index contributed by atoms with van der Waals surface area (Å²) in [7, 11) is 0.665. The van der Waals surface area contributed by atoms with Crippen LogP contribution in [-0.2, 0) is 19.6 Å². The summed E-state index contributed by atoms with van der Waals surface area (Å²) >= 11 is 1.10. The van der Waals surface area contributed by atoms with E-state index in [1.165, 1.54) is 32.2 Å². The third kappa shape index (κ3) is 5.04. The lowest BCUT2D eigenvalue weighted by atomic mass is 10.3. The molecule has 9 heteroatoms. The lowest BCUT2D eigenvalue weighted by molar-refractivity contribution is -0.131. The molecular weight excluding hydrogens is 316 g/mol. The summed E-state index contributed by atoms with van der Waals surface area (Å²) in [6.45, 7) is -0.0864. The molecule has 1 unspecified atom stereocenters. The lowest BCUT2D eigenvalue weighted by Gasteiger charge is -2.23. The van der Waals surface area contributed by atoms with Gasteiger partial charge in [-0.25, -0.2) is 8.42 Å². The first-order valence-electron chi connectivity index (χ1n) is 6.19. The SMILES string of the molecule is COCC(O)CN(C)C(=O)CN(C)S(=O)(=O)c1cccs1. The number of methoxy groups -OCH3 is 1. The summed E-state index contributed by atoms with van der Waals surface area (Å²) in [6.07, 6.45) is -0.803. The van der Waals surface area contributed by atoms with Gasteiger partial charge in [0.05, 0.1) is 19.3 Å². The first-order valence-corrected chi connectivity index (χ1v) is 8.51. The number of hydrogen-bond donors (Lipinski definition) is 1. The minimum atomic E-state index is -3.65. The third-order valence-electron chi connectivity index (χ3n) is 2.79. The van der Waals surface area contributed by atoms with Crippen molar-refractivity contribution in [3.63, 3.8) is 0 Å². The Bertz CT molecular complexity index is 544. The number of aliphatic hydroxyl groups is 1. The zero-order valence-corrected chi connectivity index (χ0v) is 13.9. The van der Waals surface area contributed by atoms with E-state index >= 15 is 0 Å². The third-order valence-corrected chi connectivity index (χ3v) is 5.96. The number of carbonyl (C=O) groups is 1. The summed E-state index contributed by atoms with van der Waals surface area (Å²) in [5.41, 5.74) is 0. The molecule has 1 amide bonds. The summed E-state index contributed by atoms with van der Waals surface area (Å²) < 4.78 is 30.3. The van der Waals surface area contributed by atoms with E-state index in [0.717, 1.165) is 15.6 Å². The number of hydrogen-bond acceptors (Lipinski definition) is 6. The van der Waals surface area contributed by atoms with Crippen molar-refractivity contribution in [3.05, 3.63) is 17.5 Å². The van der Waals surface area contributed by atoms with Crippen LogP contribution < -0.4 is 0 Å². The number of nitrogens with zero attached hydrogens (tertiary/aromatic N) is 2. The molecule has 0 aliphatic carbocycles. The largest absolute Gasteiger partial charge is 0.389 e. The van der Waals surface area contributed by atoms with E-state index in [1.807, 2.05) is 0 Å². The average Bonchev–Trinajstić information content (AvgIpc) is 2.93. The van der Waals surface area contributed by atoms with Gasteiger partial charge in [-0.2, -0.15) is 4.31 Å². The van der Waals surface area contributed by atoms with Crippen molar-refractivity contribution in [1.29, 1.82) is 0 Å². The van der Waals surface area contributed by atoms with E-state index in [0.29, 0.717) is 0 Å². The highest BCUT2D eigenvalue weighted by atomic mass is 32.2. The minimum absolute atomic E-state index is 0.0829. The molecule has 0 saturated carbocycles. The van der Waals surface area contributed by atoms with E-state index in [2.05, 4.69) is 0 Å². The Hall–Kier alpha value is -1.00. The molecule has 0 aliphatic heterocycles. The molecule has 1 atom stereocenters. The molecule has 0 bridgehead atoms. The molecule has 0 fully saturated rings. The highest BCUT2D eigenvalue weighted by molar-refractivity contribution is 7.91. The van der Waals surface area contributed by atoms with Gasteiger partial charge in [0.1, 0.15) is 4.21 Å². The van der Waals surface area contributed by atoms with Crippen LogP contribution in [0.5, 0.6) is 0 Å². The van der Waals surface area contributed by atoms with Crippen LogP contribution in [-0.4, -0.2) is 75.6 Å². The number of rotatable bonds is 8. The van der Waals surface area contributed by atoms with Gasteiger partial charge in [-0.15, -0.1) is 11.3 Å². The van der Waals surface area contributed by atoms with E-state index in [-0.39, 0.29) is 23.9 Å². The van der Waals surface area contributed by atoms with Crippen LogP contribution in [0.3, 0.4) is 0 Å². The molecule has 7 nitrogen and oxygen atoms in total. The Kier molecular flexibility index (Phi) is 6.75. The minimum Gasteiger partial charge on any atom is -0.389 e. The van der Waals surface area contributed by atoms with Crippen molar-refractivity contribution in [1.82, 2.24) is 9.21 Å². The average molecular weight is 336 g/mol. The van der Waals surface area contributed by atoms with E-state index in [4.69, 9.17) is 4.74 Å². The summed E-state index contributed by atoms with van der Waals surface area (Å²) in [5.74, 6) is -0.396. The van der Waals surface area contributed by atoms with Gasteiger partial charge in [-0.1, -0.05) is 6.07 Å². The topological polar surface area (TPSA) is 87.2 Å². The Morgan fingerprint density at radius 3 is 2.67 bits per heavy atom. The Morgan fingerprint density at radius 1 is 1.48 bits per heavy atom. The molecule has 120 valence electrons. The molecule has 0 spiro atoms. The molecule has 1 aromatic heterocycles. The van der Waals surface area contributed by atoms with Crippen molar-refractivity contribution in [2.45, 2.75) is 10.3 Å². The number of likely N-dealkylation sites (N-methyl/N-ethyl adjacent to an activating group) is 2. The summed E-state index contributed by atoms with van der Waals surface area (Å²) in [5, 5.41) is 11.2. The zero-order chi connectivity index (χ0) is 16.0. The van der Waals surface area contributed by atoms with Crippen molar-refractivity contribution in [2.75, 3.05) is 40.9 Å². The second-order valence-corrected chi connectivity index (χ2v) is 7.80. The fourth-order valence-corrected chi connectivity index (χ4v) is 3.94. The van der Waals surface area contributed by atoms with Crippen LogP contribution in [0.25, 0.3) is 0 Å². The van der Waals surface area contributed by atoms with Gasteiger partial charge < -0.3 is 14.7 Å². The highest BCUT2D eigenvalue weighted by Gasteiger charge is 2.25. The monoisotopic (exact) mass is 336 g/mol. The number of amides is 1. The standard InChI is InChI=1S/C12H20N2O5S2/c1-13(7-10(15)9-19-3)11(16)8-14(2)21(17,18)12-5-4-6-20-12/h4-6,10,15H,7-9H2,1-3H3. The maximum atomic E-state index is 12.2. The van der Waals surface area contributed by atoms with Crippen LogP contribution in [0, 0.1) is 0 Å². The quantitative estimate of drug-likeness (QED) is 0.712. The highest BCUT2D eigenvalue weighted by Crippen LogP contribution is 2.19. The number of carbonyl (C=O) groups excluding carboxylic acids is 1. The Balaban J connectivity index is 2.62. The molecular formula is C12H20N2O5S2. The summed E-state index contributed by atoms with van der Waals surface area (Å²) in [4.78, 5) is 13.3. The zero-order valence-electron chi connectivity index (χ0n) is 12.2. The van der Waals surface area contributed by atoms with Gasteiger partial charge in [-0.3, -0.25) is 4.79 Å². The second kappa shape index (κ2) is 7.85. The van der Waals surface area contributed by atoms with Crippen LogP contribution in [0.15, 0.2) is 21.7 Å². The second-order valence-electron chi connectivity index (χ2n) is 4.58. The van der Waals surface area contributed by atoms with Crippen molar-refractivity contribution >= 4 is 27.3 Å². The van der Waals surface area contributed by atoms with Gasteiger partial charge in [-0.05, 0) is 11.4 Å². The van der Waals surface area contributed by atoms with Gasteiger partial charge in [0.25, 0.3) is 10.0 Å². The molecule has 0 radical (unpaired) electrons. The number of sulfonamides is 1. The van der Waals surface area contributed by atoms with Crippen molar-refractivity contribution in [2.24, 2.45) is 0 Å². The predicted molar refractivity (Wildman–Crippen MR) is 79.7 cm³/mol. The fourth-order valence-electron chi connectivity index (χ4n) is 1.62. The number of aliphatic hydroxyl groups excluding tert-OH is 1. The van der Waals surface area contributed by atoms with Gasteiger partial charge in [0.15, 0.2) is 0 Å². The van der Waals surface area contributed by atoms with E-state index in [9.17, 15) is 18.3 Å². The van der Waals surface area contributed by atoms with Gasteiger partial charge in [0, 0.05) is 27.7 Å². The lowest BCUT2D eigenvalue weighted by Crippen LogP contribution is -2.42. The molecule has 0 aromatic carbocycles. The molecule has 1 aromatic rings. The first kappa shape index (κ1) is 18.1. The Labute approximate surface area is 128 Å². The van der Waals surface area contributed by atoms with Crippen LogP contribution in [0.4, 0.5) is 0 Å². The number of ether oxygens (including phenoxy) is 1. The first-order chi connectivity index (χ1) is 9.78. The molecule has 21 heavy (non-hydrogen) atoms. The van der Waals surface area contributed by atoms with Crippen molar-refractivity contribution in [3.8, 4) is 0 Å². The number of thiophene rings is 1. The summed E-state index contributed by atoms with van der Waals surface area (Å²) in [6, 6.07) is 3.13. The fraction of sp³-hybridized carbons (Fsp3) is 0.583. The van der Waals surface area contributed by atoms with Gasteiger partial charge >= 0.3 is 0 Å². The van der Waals surface area contributed by atoms with E-state index in [1.54, 1.807) is 11.4 Å². The Morgan fingerprint density at radius 2 is 2.14 bits per heavy atom. The van der Waals surface area contributed by atoms with Crippen LogP contribution in [0.2, 0.25) is 0 Å². The smallest absolute Gasteiger partial charge is 0.252 e. The van der Waals surface area contributed by atoms with Crippen molar-refractivity contribution < 1.29 is 23.1 Å². The molecule has 0 saturated heterocycles. The normalized spacial score (nSPS) is 13.4. The molecule has 1 N–H and O–H groups in total. The maximum absolute atomic E-state index is 12.2. The van der Waals surface area contributed by atoms with Crippen LogP contribution in [0.1, 0.15) is 0 Å². The predicted octanol–water partition coefficient (Wildman–Crippen LogP) is -0.166. The van der Waals surface area contributed by atoms with E-state index < -0.39 is 22.0 Å². The molecule has 1 heterocycles.